The van der Waals surface area contributed by atoms with E-state index in [1.165, 1.54) is 12.8 Å². The summed E-state index contributed by atoms with van der Waals surface area (Å²) in [5, 5.41) is 13.2. The van der Waals surface area contributed by atoms with Gasteiger partial charge in [0.25, 0.3) is 5.91 Å². The molecular formula is C13H21N3O2. The molecule has 0 saturated heterocycles. The second kappa shape index (κ2) is 5.44. The molecule has 1 aliphatic rings. The number of carbonyl (C=O) groups excluding carboxylic acids is 1. The van der Waals surface area contributed by atoms with Gasteiger partial charge in [-0.25, -0.2) is 0 Å². The molecule has 1 fully saturated rings. The summed E-state index contributed by atoms with van der Waals surface area (Å²) in [4.78, 5) is 14.6. The van der Waals surface area contributed by atoms with Crippen molar-refractivity contribution in [3.05, 3.63) is 18.0 Å². The Morgan fingerprint density at radius 3 is 2.61 bits per heavy atom. The quantitative estimate of drug-likeness (QED) is 0.612. The van der Waals surface area contributed by atoms with Crippen molar-refractivity contribution in [2.45, 2.75) is 44.1 Å². The minimum atomic E-state index is -0.746. The number of carbonyl (C=O) groups is 1. The van der Waals surface area contributed by atoms with Gasteiger partial charge in [-0.3, -0.25) is 4.79 Å². The fourth-order valence-electron chi connectivity index (χ4n) is 2.45. The summed E-state index contributed by atoms with van der Waals surface area (Å²) in [6.07, 6.45) is 7.51. The fraction of sp³-hybridized carbons (Fsp3) is 0.615. The monoisotopic (exact) mass is 251 g/mol. The van der Waals surface area contributed by atoms with E-state index >= 15 is 0 Å². The number of rotatable bonds is 3. The summed E-state index contributed by atoms with van der Waals surface area (Å²) in [6, 6.07) is 1.59. The average Bonchev–Trinajstić information content (AvgIpc) is 2.66. The van der Waals surface area contributed by atoms with E-state index in [1.807, 2.05) is 0 Å². The normalized spacial score (nSPS) is 19.2. The molecule has 1 aliphatic carbocycles. The summed E-state index contributed by atoms with van der Waals surface area (Å²) >= 11 is 0. The molecule has 1 amide bonds. The van der Waals surface area contributed by atoms with E-state index in [4.69, 9.17) is 5.73 Å². The second-order valence-corrected chi connectivity index (χ2v) is 5.17. The highest BCUT2D eigenvalue weighted by Crippen LogP contribution is 2.26. The Morgan fingerprint density at radius 1 is 1.39 bits per heavy atom. The highest BCUT2D eigenvalue weighted by Gasteiger charge is 2.28. The van der Waals surface area contributed by atoms with Gasteiger partial charge in [-0.15, -0.1) is 0 Å². The van der Waals surface area contributed by atoms with Gasteiger partial charge in [0.05, 0.1) is 5.60 Å². The number of aromatic nitrogens is 1. The predicted octanol–water partition coefficient (Wildman–Crippen LogP) is 1.41. The van der Waals surface area contributed by atoms with Crippen LogP contribution < -0.4 is 11.1 Å². The molecule has 1 heterocycles. The smallest absolute Gasteiger partial charge is 0.267 e. The van der Waals surface area contributed by atoms with Crippen molar-refractivity contribution >= 4 is 11.6 Å². The third-order valence-electron chi connectivity index (χ3n) is 3.56. The molecule has 0 atom stereocenters. The maximum absolute atomic E-state index is 11.8. The number of aliphatic hydroxyl groups is 1. The maximum Gasteiger partial charge on any atom is 0.267 e. The Morgan fingerprint density at radius 2 is 2.06 bits per heavy atom. The number of hydrogen-bond donors (Lipinski definition) is 4. The Balaban J connectivity index is 1.88. The van der Waals surface area contributed by atoms with Crippen molar-refractivity contribution in [1.82, 2.24) is 10.3 Å². The van der Waals surface area contributed by atoms with Crippen LogP contribution in [0.1, 0.15) is 49.0 Å². The molecule has 0 aliphatic heterocycles. The van der Waals surface area contributed by atoms with Crippen molar-refractivity contribution in [3.63, 3.8) is 0 Å². The zero-order chi connectivity index (χ0) is 13.0. The van der Waals surface area contributed by atoms with E-state index in [1.54, 1.807) is 12.3 Å². The highest BCUT2D eigenvalue weighted by atomic mass is 16.3. The summed E-state index contributed by atoms with van der Waals surface area (Å²) in [6.45, 7) is 0.310. The lowest BCUT2D eigenvalue weighted by molar-refractivity contribution is 0.0246. The summed E-state index contributed by atoms with van der Waals surface area (Å²) in [5.41, 5.74) is 5.77. The number of nitrogen functional groups attached to an aromatic ring is 1. The zero-order valence-corrected chi connectivity index (χ0v) is 10.5. The number of H-pyrrole nitrogens is 1. The first kappa shape index (κ1) is 13.0. The van der Waals surface area contributed by atoms with Gasteiger partial charge >= 0.3 is 0 Å². The summed E-state index contributed by atoms with van der Waals surface area (Å²) in [7, 11) is 0. The number of nitrogens with two attached hydrogens (primary N) is 1. The lowest BCUT2D eigenvalue weighted by Gasteiger charge is -2.26. The van der Waals surface area contributed by atoms with E-state index in [0.717, 1.165) is 25.7 Å². The van der Waals surface area contributed by atoms with Gasteiger partial charge in [0.1, 0.15) is 5.69 Å². The van der Waals surface area contributed by atoms with Gasteiger partial charge in [0, 0.05) is 18.4 Å². The largest absolute Gasteiger partial charge is 0.397 e. The minimum Gasteiger partial charge on any atom is -0.397 e. The minimum absolute atomic E-state index is 0.218. The van der Waals surface area contributed by atoms with Gasteiger partial charge in [0.15, 0.2) is 0 Å². The van der Waals surface area contributed by atoms with Crippen LogP contribution >= 0.6 is 0 Å². The topological polar surface area (TPSA) is 91.1 Å². The first-order valence-corrected chi connectivity index (χ1v) is 6.54. The molecule has 0 unspecified atom stereocenters. The number of aromatic amines is 1. The van der Waals surface area contributed by atoms with E-state index in [-0.39, 0.29) is 5.91 Å². The molecule has 0 aromatic carbocycles. The Kier molecular flexibility index (Phi) is 3.91. The molecule has 100 valence electrons. The van der Waals surface area contributed by atoms with Crippen LogP contribution in [-0.2, 0) is 0 Å². The summed E-state index contributed by atoms with van der Waals surface area (Å²) < 4.78 is 0. The zero-order valence-electron chi connectivity index (χ0n) is 10.5. The van der Waals surface area contributed by atoms with Crippen molar-refractivity contribution < 1.29 is 9.90 Å². The van der Waals surface area contributed by atoms with Crippen molar-refractivity contribution in [3.8, 4) is 0 Å². The Labute approximate surface area is 107 Å². The number of nitrogens with one attached hydrogen (secondary N) is 2. The molecule has 2 rings (SSSR count). The van der Waals surface area contributed by atoms with Crippen molar-refractivity contribution in [2.75, 3.05) is 12.3 Å². The van der Waals surface area contributed by atoms with Crippen molar-refractivity contribution in [1.29, 1.82) is 0 Å². The highest BCUT2D eigenvalue weighted by molar-refractivity contribution is 5.93. The van der Waals surface area contributed by atoms with Crippen LogP contribution in [0.15, 0.2) is 12.3 Å². The van der Waals surface area contributed by atoms with Gasteiger partial charge in [-0.2, -0.15) is 0 Å². The van der Waals surface area contributed by atoms with Crippen LogP contribution in [0.4, 0.5) is 5.69 Å². The molecule has 1 aromatic rings. The molecule has 0 radical (unpaired) electrons. The fourth-order valence-corrected chi connectivity index (χ4v) is 2.45. The molecule has 0 spiro atoms. The number of amides is 1. The molecule has 5 N–H and O–H groups in total. The first-order valence-electron chi connectivity index (χ1n) is 6.54. The summed E-state index contributed by atoms with van der Waals surface area (Å²) in [5.74, 6) is -0.218. The molecule has 5 heteroatoms. The lowest BCUT2D eigenvalue weighted by atomic mass is 9.94. The van der Waals surface area contributed by atoms with Crippen LogP contribution in [-0.4, -0.2) is 28.1 Å². The molecule has 0 bridgehead atoms. The molecule has 1 saturated carbocycles. The van der Waals surface area contributed by atoms with Crippen LogP contribution in [0.3, 0.4) is 0 Å². The van der Waals surface area contributed by atoms with Gasteiger partial charge in [-0.05, 0) is 18.9 Å². The van der Waals surface area contributed by atoms with Crippen molar-refractivity contribution in [2.24, 2.45) is 0 Å². The SMILES string of the molecule is Nc1c[nH]c(C(=O)NCC2(O)CCCCCC2)c1. The molecule has 18 heavy (non-hydrogen) atoms. The van der Waals surface area contributed by atoms with E-state index in [0.29, 0.717) is 17.9 Å². The standard InChI is InChI=1S/C13H21N3O2/c14-10-7-11(15-8-10)12(17)16-9-13(18)5-3-1-2-4-6-13/h7-8,15,18H,1-6,9,14H2,(H,16,17). The third-order valence-corrected chi connectivity index (χ3v) is 3.56. The Hall–Kier alpha value is -1.49. The molecule has 1 aromatic heterocycles. The average molecular weight is 251 g/mol. The Bertz CT molecular complexity index is 406. The van der Waals surface area contributed by atoms with Gasteiger partial charge in [-0.1, -0.05) is 25.7 Å². The van der Waals surface area contributed by atoms with E-state index in [9.17, 15) is 9.90 Å². The number of anilines is 1. The lowest BCUT2D eigenvalue weighted by Crippen LogP contribution is -2.42. The predicted molar refractivity (Wildman–Crippen MR) is 70.2 cm³/mol. The van der Waals surface area contributed by atoms with Crippen LogP contribution in [0.5, 0.6) is 0 Å². The number of hydrogen-bond acceptors (Lipinski definition) is 3. The van der Waals surface area contributed by atoms with E-state index in [2.05, 4.69) is 10.3 Å². The second-order valence-electron chi connectivity index (χ2n) is 5.17. The van der Waals surface area contributed by atoms with Gasteiger partial charge in [0.2, 0.25) is 0 Å². The van der Waals surface area contributed by atoms with Crippen LogP contribution in [0.25, 0.3) is 0 Å². The van der Waals surface area contributed by atoms with Gasteiger partial charge < -0.3 is 21.1 Å². The van der Waals surface area contributed by atoms with Crippen LogP contribution in [0, 0.1) is 0 Å². The van der Waals surface area contributed by atoms with E-state index < -0.39 is 5.60 Å². The van der Waals surface area contributed by atoms with Crippen LogP contribution in [0.2, 0.25) is 0 Å². The first-order chi connectivity index (χ1) is 8.59. The molecule has 5 nitrogen and oxygen atoms in total. The third kappa shape index (κ3) is 3.26. The molecular weight excluding hydrogens is 230 g/mol. The maximum atomic E-state index is 11.8.